The number of amides is 1. The monoisotopic (exact) mass is 362 g/mol. The summed E-state index contributed by atoms with van der Waals surface area (Å²) in [5.74, 6) is 0.131. The van der Waals surface area contributed by atoms with Gasteiger partial charge >= 0.3 is 6.09 Å². The number of carboxylic acid groups (broad SMARTS) is 1. The Bertz CT molecular complexity index is 609. The highest BCUT2D eigenvalue weighted by Gasteiger charge is 2.54. The van der Waals surface area contributed by atoms with Crippen LogP contribution in [0.3, 0.4) is 0 Å². The fourth-order valence-electron chi connectivity index (χ4n) is 4.25. The van der Waals surface area contributed by atoms with E-state index < -0.39 is 6.09 Å². The van der Waals surface area contributed by atoms with Gasteiger partial charge in [-0.25, -0.2) is 4.79 Å². The fraction of sp³-hybridized carbons (Fsp3) is 0.667. The summed E-state index contributed by atoms with van der Waals surface area (Å²) in [5, 5.41) is 14.2. The van der Waals surface area contributed by atoms with Crippen LogP contribution in [-0.4, -0.2) is 33.4 Å². The van der Waals surface area contributed by atoms with Crippen LogP contribution in [-0.2, 0) is 4.84 Å². The van der Waals surface area contributed by atoms with E-state index in [0.29, 0.717) is 0 Å². The van der Waals surface area contributed by atoms with Gasteiger partial charge in [-0.05, 0) is 51.5 Å². The van der Waals surface area contributed by atoms with E-state index >= 15 is 0 Å². The molecular weight excluding hydrogens is 328 g/mol. The highest BCUT2D eigenvalue weighted by atomic mass is 16.7. The lowest BCUT2D eigenvalue weighted by molar-refractivity contribution is -0.327. The lowest BCUT2D eigenvalue weighted by Crippen LogP contribution is -2.69. The summed E-state index contributed by atoms with van der Waals surface area (Å²) in [5.41, 5.74) is 0.634. The molecule has 1 heterocycles. The number of nitrogens with zero attached hydrogens (tertiary/aromatic N) is 1. The molecule has 5 heteroatoms. The Labute approximate surface area is 157 Å². The third kappa shape index (κ3) is 3.89. The summed E-state index contributed by atoms with van der Waals surface area (Å²) in [7, 11) is 0. The molecule has 0 saturated carbocycles. The number of benzene rings is 1. The molecule has 2 rings (SSSR count). The fourth-order valence-corrected chi connectivity index (χ4v) is 4.25. The van der Waals surface area contributed by atoms with Gasteiger partial charge in [0, 0.05) is 17.1 Å². The van der Waals surface area contributed by atoms with Crippen LogP contribution in [0.4, 0.5) is 4.79 Å². The summed E-state index contributed by atoms with van der Waals surface area (Å²) >= 11 is 0. The van der Waals surface area contributed by atoms with E-state index in [9.17, 15) is 9.90 Å². The van der Waals surface area contributed by atoms with Crippen molar-refractivity contribution in [1.82, 2.24) is 10.4 Å². The lowest BCUT2D eigenvalue weighted by atomic mass is 9.68. The summed E-state index contributed by atoms with van der Waals surface area (Å²) in [6.45, 7) is 12.9. The van der Waals surface area contributed by atoms with Crippen LogP contribution >= 0.6 is 0 Å². The second-order valence-corrected chi connectivity index (χ2v) is 8.06. The van der Waals surface area contributed by atoms with Crippen LogP contribution in [0.2, 0.25) is 0 Å². The minimum Gasteiger partial charge on any atom is -0.465 e. The number of hydrogen-bond acceptors (Lipinski definition) is 3. The molecule has 5 unspecified atom stereocenters. The van der Waals surface area contributed by atoms with E-state index in [-0.39, 0.29) is 29.1 Å². The molecule has 1 aliphatic heterocycles. The molecule has 0 spiro atoms. The number of hydroxylamine groups is 2. The molecule has 1 amide bonds. The Morgan fingerprint density at radius 2 is 1.92 bits per heavy atom. The molecule has 1 saturated heterocycles. The standard InChI is InChI=1S/C21H34N2O3/c1-7-20(5)14-18(22-19(24)25)15(3)21(6,8-2)23(20)26-16(4)17-12-10-9-11-13-17/h9-13,15-16,18,22H,7-8,14H2,1-6H3,(H,24,25). The van der Waals surface area contributed by atoms with Gasteiger partial charge in [0.25, 0.3) is 0 Å². The first-order valence-corrected chi connectivity index (χ1v) is 9.69. The van der Waals surface area contributed by atoms with Gasteiger partial charge in [0.1, 0.15) is 6.10 Å². The van der Waals surface area contributed by atoms with Gasteiger partial charge < -0.3 is 10.4 Å². The van der Waals surface area contributed by atoms with Gasteiger partial charge in [-0.15, -0.1) is 0 Å². The zero-order valence-electron chi connectivity index (χ0n) is 17.0. The lowest BCUT2D eigenvalue weighted by Gasteiger charge is -2.59. The third-order valence-electron chi connectivity index (χ3n) is 6.52. The topological polar surface area (TPSA) is 61.8 Å². The van der Waals surface area contributed by atoms with E-state index in [2.05, 4.69) is 64.1 Å². The van der Waals surface area contributed by atoms with Crippen LogP contribution in [0.15, 0.2) is 30.3 Å². The van der Waals surface area contributed by atoms with E-state index in [1.165, 1.54) is 0 Å². The van der Waals surface area contributed by atoms with Crippen LogP contribution in [0.1, 0.15) is 72.5 Å². The number of hydrogen-bond donors (Lipinski definition) is 2. The molecule has 1 aliphatic rings. The largest absolute Gasteiger partial charge is 0.465 e. The molecule has 5 nitrogen and oxygen atoms in total. The van der Waals surface area contributed by atoms with E-state index in [1.54, 1.807) is 0 Å². The van der Waals surface area contributed by atoms with E-state index in [4.69, 9.17) is 4.84 Å². The average molecular weight is 363 g/mol. The van der Waals surface area contributed by atoms with Crippen molar-refractivity contribution < 1.29 is 14.7 Å². The number of nitrogens with one attached hydrogen (secondary N) is 1. The first kappa shape index (κ1) is 20.7. The molecule has 1 aromatic rings. The van der Waals surface area contributed by atoms with E-state index in [0.717, 1.165) is 24.8 Å². The highest BCUT2D eigenvalue weighted by Crippen LogP contribution is 2.47. The first-order valence-electron chi connectivity index (χ1n) is 9.69. The molecular formula is C21H34N2O3. The Hall–Kier alpha value is -1.59. The SMILES string of the molecule is CCC1(C)CC(NC(=O)O)C(C)C(C)(CC)N1OC(C)c1ccccc1. The Morgan fingerprint density at radius 1 is 1.31 bits per heavy atom. The highest BCUT2D eigenvalue weighted by molar-refractivity contribution is 5.65. The van der Waals surface area contributed by atoms with Crippen molar-refractivity contribution >= 4 is 6.09 Å². The van der Waals surface area contributed by atoms with Gasteiger partial charge in [-0.2, -0.15) is 5.06 Å². The van der Waals surface area contributed by atoms with Crippen molar-refractivity contribution in [1.29, 1.82) is 0 Å². The van der Waals surface area contributed by atoms with Gasteiger partial charge in [0.2, 0.25) is 0 Å². The maximum atomic E-state index is 11.3. The molecule has 0 bridgehead atoms. The molecule has 0 radical (unpaired) electrons. The number of piperidine rings is 1. The molecule has 0 aliphatic carbocycles. The Kier molecular flexibility index (Phi) is 6.35. The molecule has 26 heavy (non-hydrogen) atoms. The van der Waals surface area contributed by atoms with Crippen molar-refractivity contribution in [2.75, 3.05) is 0 Å². The predicted molar refractivity (Wildman–Crippen MR) is 104 cm³/mol. The van der Waals surface area contributed by atoms with Crippen molar-refractivity contribution in [3.05, 3.63) is 35.9 Å². The molecule has 1 fully saturated rings. The van der Waals surface area contributed by atoms with Crippen LogP contribution in [0, 0.1) is 5.92 Å². The molecule has 146 valence electrons. The van der Waals surface area contributed by atoms with Gasteiger partial charge in [-0.1, -0.05) is 51.1 Å². The van der Waals surface area contributed by atoms with Crippen LogP contribution < -0.4 is 5.32 Å². The van der Waals surface area contributed by atoms with Crippen LogP contribution in [0.5, 0.6) is 0 Å². The van der Waals surface area contributed by atoms with E-state index in [1.807, 2.05) is 18.2 Å². The molecule has 2 N–H and O–H groups in total. The second-order valence-electron chi connectivity index (χ2n) is 8.06. The summed E-state index contributed by atoms with van der Waals surface area (Å²) in [6, 6.07) is 10.1. The zero-order valence-corrected chi connectivity index (χ0v) is 17.0. The van der Waals surface area contributed by atoms with Gasteiger partial charge in [0.05, 0.1) is 0 Å². The van der Waals surface area contributed by atoms with Crippen LogP contribution in [0.25, 0.3) is 0 Å². The average Bonchev–Trinajstić information content (AvgIpc) is 2.63. The van der Waals surface area contributed by atoms with Crippen molar-refractivity contribution in [2.45, 2.75) is 84.0 Å². The first-order chi connectivity index (χ1) is 12.2. The second kappa shape index (κ2) is 7.97. The third-order valence-corrected chi connectivity index (χ3v) is 6.52. The van der Waals surface area contributed by atoms with Crippen molar-refractivity contribution in [3.8, 4) is 0 Å². The number of carbonyl (C=O) groups is 1. The van der Waals surface area contributed by atoms with Crippen molar-refractivity contribution in [3.63, 3.8) is 0 Å². The maximum absolute atomic E-state index is 11.3. The van der Waals surface area contributed by atoms with Gasteiger partial charge in [0.15, 0.2) is 0 Å². The predicted octanol–water partition coefficient (Wildman–Crippen LogP) is 4.99. The molecule has 1 aromatic carbocycles. The normalized spacial score (nSPS) is 33.6. The smallest absolute Gasteiger partial charge is 0.404 e. The minimum absolute atomic E-state index is 0.0656. The Morgan fingerprint density at radius 3 is 2.42 bits per heavy atom. The summed E-state index contributed by atoms with van der Waals surface area (Å²) < 4.78 is 0. The molecule has 0 aromatic heterocycles. The summed E-state index contributed by atoms with van der Waals surface area (Å²) in [4.78, 5) is 17.9. The Balaban J connectivity index is 2.36. The van der Waals surface area contributed by atoms with Crippen molar-refractivity contribution in [2.24, 2.45) is 5.92 Å². The quantitative estimate of drug-likeness (QED) is 0.748. The maximum Gasteiger partial charge on any atom is 0.404 e. The molecule has 5 atom stereocenters. The van der Waals surface area contributed by atoms with Gasteiger partial charge in [-0.3, -0.25) is 4.84 Å². The zero-order chi connectivity index (χ0) is 19.5. The summed E-state index contributed by atoms with van der Waals surface area (Å²) in [6.07, 6.45) is 1.47. The minimum atomic E-state index is -0.953. The number of rotatable bonds is 6.